The van der Waals surface area contributed by atoms with Crippen LogP contribution < -0.4 is 0 Å². The molecule has 13 nitrogen and oxygen atoms in total. The summed E-state index contributed by atoms with van der Waals surface area (Å²) >= 11 is 28.8. The number of hydrogen-bond acceptors (Lipinski definition) is 12. The Bertz CT molecular complexity index is 2300. The molecule has 0 spiro atoms. The van der Waals surface area contributed by atoms with Gasteiger partial charge in [-0.25, -0.2) is 0 Å². The van der Waals surface area contributed by atoms with E-state index in [2.05, 4.69) is 82.2 Å². The van der Waals surface area contributed by atoms with E-state index in [0.717, 1.165) is 85.3 Å². The molecule has 0 saturated carbocycles. The van der Waals surface area contributed by atoms with E-state index in [9.17, 15) is 25.3 Å². The van der Waals surface area contributed by atoms with Crippen LogP contribution >= 0.6 is 69.9 Å². The van der Waals surface area contributed by atoms with Gasteiger partial charge in [-0.2, -0.15) is 25.3 Å². The predicted molar refractivity (Wildman–Crippen MR) is 258 cm³/mol. The first-order valence-corrected chi connectivity index (χ1v) is 28.0. The average Bonchev–Trinajstić information content (AvgIpc) is 3.41. The van der Waals surface area contributed by atoms with Crippen LogP contribution in [0, 0.1) is 0 Å². The lowest BCUT2D eigenvalue weighted by atomic mass is 9.96. The number of benzene rings is 4. The van der Waals surface area contributed by atoms with Crippen LogP contribution in [-0.2, 0) is 43.2 Å². The normalized spacial score (nSPS) is 19.4. The van der Waals surface area contributed by atoms with Gasteiger partial charge in [0.25, 0.3) is 30.4 Å². The van der Waals surface area contributed by atoms with Gasteiger partial charge in [0.15, 0.2) is 0 Å². The highest BCUT2D eigenvalue weighted by Crippen LogP contribution is 2.46. The van der Waals surface area contributed by atoms with Gasteiger partial charge in [0.2, 0.25) is 0 Å². The number of halogens is 4. The maximum atomic E-state index is 9.19. The molecule has 22 heteroatoms. The molecule has 2 fully saturated rings. The number of piperazine rings is 2. The van der Waals surface area contributed by atoms with E-state index in [-0.39, 0.29) is 0 Å². The molecule has 2 atom stereocenters. The van der Waals surface area contributed by atoms with Gasteiger partial charge in [0, 0.05) is 104 Å². The zero-order valence-electron chi connectivity index (χ0n) is 35.3. The zero-order chi connectivity index (χ0) is 46.9. The summed E-state index contributed by atoms with van der Waals surface area (Å²) in [7, 11) is -6.61. The third-order valence-electron chi connectivity index (χ3n) is 9.94. The monoisotopic (exact) mass is 1040 g/mol. The van der Waals surface area contributed by atoms with Gasteiger partial charge < -0.3 is 9.80 Å². The fourth-order valence-electron chi connectivity index (χ4n) is 7.12. The quantitative estimate of drug-likeness (QED) is 0.163. The number of hydrogen-bond donors (Lipinski definition) is 3. The van der Waals surface area contributed by atoms with Gasteiger partial charge >= 0.3 is 0 Å². The first-order chi connectivity index (χ1) is 29.2. The van der Waals surface area contributed by atoms with E-state index in [4.69, 9.17) is 60.1 Å². The van der Waals surface area contributed by atoms with Gasteiger partial charge in [0.05, 0.1) is 18.8 Å². The summed E-state index contributed by atoms with van der Waals surface area (Å²) in [5, 5.41) is 3.24. The molecule has 4 aliphatic rings. The Morgan fingerprint density at radius 2 is 0.730 bits per heavy atom. The molecule has 0 radical (unpaired) electrons. The second-order valence-corrected chi connectivity index (χ2v) is 23.7. The highest BCUT2D eigenvalue weighted by molar-refractivity contribution is 7.99. The highest BCUT2D eigenvalue weighted by atomic mass is 35.5. The summed E-state index contributed by atoms with van der Waals surface area (Å²) in [6, 6.07) is 25.9. The van der Waals surface area contributed by atoms with Crippen molar-refractivity contribution in [2.75, 3.05) is 85.2 Å². The van der Waals surface area contributed by atoms with Crippen LogP contribution in [0.25, 0.3) is 0 Å². The van der Waals surface area contributed by atoms with E-state index in [1.54, 1.807) is 0 Å². The first-order valence-electron chi connectivity index (χ1n) is 19.3. The molecule has 0 aromatic heterocycles. The molecule has 0 amide bonds. The maximum Gasteiger partial charge on any atom is 0.261 e. The van der Waals surface area contributed by atoms with Gasteiger partial charge in [-0.3, -0.25) is 23.5 Å². The molecular formula is C41H52Cl4N4O9S5. The third-order valence-corrected chi connectivity index (χ3v) is 13.3. The van der Waals surface area contributed by atoms with E-state index in [1.807, 2.05) is 47.8 Å². The Morgan fingerprint density at radius 1 is 0.460 bits per heavy atom. The average molecular weight is 1050 g/mol. The Morgan fingerprint density at radius 3 is 1.03 bits per heavy atom. The smallest absolute Gasteiger partial charge is 0.261 e. The van der Waals surface area contributed by atoms with E-state index in [0.29, 0.717) is 30.9 Å². The second kappa shape index (κ2) is 23.9. The summed E-state index contributed by atoms with van der Waals surface area (Å²) in [5.74, 6) is 0. The minimum Gasteiger partial charge on any atom is -0.304 e. The molecule has 63 heavy (non-hydrogen) atoms. The van der Waals surface area contributed by atoms with Crippen molar-refractivity contribution >= 4 is 100 Å². The lowest BCUT2D eigenvalue weighted by molar-refractivity contribution is 0.110. The minimum atomic E-state index is -3.67. The van der Waals surface area contributed by atoms with Crippen molar-refractivity contribution in [2.24, 2.45) is 0 Å². The van der Waals surface area contributed by atoms with Crippen LogP contribution in [0.2, 0.25) is 20.1 Å². The van der Waals surface area contributed by atoms with Crippen LogP contribution in [0.15, 0.2) is 92.4 Å². The maximum absolute atomic E-state index is 9.19. The van der Waals surface area contributed by atoms with Crippen LogP contribution in [-0.4, -0.2) is 144 Å². The molecule has 0 bridgehead atoms. The van der Waals surface area contributed by atoms with Gasteiger partial charge in [-0.1, -0.05) is 82.1 Å². The van der Waals surface area contributed by atoms with Crippen molar-refractivity contribution in [3.05, 3.63) is 115 Å². The summed E-state index contributed by atoms with van der Waals surface area (Å²) in [4.78, 5) is 15.1. The molecule has 8 rings (SSSR count). The molecule has 4 aromatic rings. The lowest BCUT2D eigenvalue weighted by Crippen LogP contribution is -2.46. The molecule has 0 aliphatic carbocycles. The Hall–Kier alpha value is -1.69. The van der Waals surface area contributed by atoms with Crippen molar-refractivity contribution in [3.8, 4) is 0 Å². The molecule has 4 heterocycles. The Kier molecular flexibility index (Phi) is 20.4. The van der Waals surface area contributed by atoms with Gasteiger partial charge in [-0.05, 0) is 110 Å². The molecule has 2 unspecified atom stereocenters. The summed E-state index contributed by atoms with van der Waals surface area (Å²) in [5.41, 5.74) is 5.45. The van der Waals surface area contributed by atoms with Crippen LogP contribution in [0.3, 0.4) is 0 Å². The van der Waals surface area contributed by atoms with Crippen molar-refractivity contribution in [3.63, 3.8) is 0 Å². The number of rotatable bonds is 2. The lowest BCUT2D eigenvalue weighted by Gasteiger charge is -2.38. The molecule has 4 aromatic carbocycles. The topological polar surface area (TPSA) is 176 Å². The Balaban J connectivity index is 0.000000210. The minimum absolute atomic E-state index is 0.377. The number of likely N-dealkylation sites (N-methyl/N-ethyl adjacent to an activating group) is 2. The molecule has 4 aliphatic heterocycles. The summed E-state index contributed by atoms with van der Waals surface area (Å²) in [6.07, 6.45) is 4.17. The van der Waals surface area contributed by atoms with Gasteiger partial charge in [-0.15, -0.1) is 0 Å². The van der Waals surface area contributed by atoms with Crippen LogP contribution in [0.4, 0.5) is 0 Å². The summed E-state index contributed by atoms with van der Waals surface area (Å²) in [6.45, 7) is 8.86. The first kappa shape index (κ1) is 53.9. The predicted octanol–water partition coefficient (Wildman–Crippen LogP) is 8.49. The van der Waals surface area contributed by atoms with Crippen molar-refractivity contribution < 1.29 is 38.9 Å². The number of fused-ring (bicyclic) bond motifs is 4. The Labute approximate surface area is 400 Å². The number of nitrogens with zero attached hydrogens (tertiary/aromatic N) is 4. The molecule has 2 saturated heterocycles. The summed E-state index contributed by atoms with van der Waals surface area (Å²) < 4.78 is 77.6. The van der Waals surface area contributed by atoms with Crippen LogP contribution in [0.1, 0.15) is 34.3 Å². The SMILES string of the molecule is CN1CCN(C2Cc3ccc(Cl)cc3Sc3ccc(Cl)cc32)CC1.CN1CCN(C2Cc3ccc(Cl)cc3Sc3ccc(Cl)cc32)CC1.CS(=O)(=O)O.CS(=O)(=O)O.CS(=O)(=O)O. The van der Waals surface area contributed by atoms with Crippen molar-refractivity contribution in [1.29, 1.82) is 0 Å². The molecule has 3 N–H and O–H groups in total. The van der Waals surface area contributed by atoms with Crippen molar-refractivity contribution in [1.82, 2.24) is 19.6 Å². The fourth-order valence-corrected chi connectivity index (χ4v) is 10.3. The van der Waals surface area contributed by atoms with E-state index in [1.165, 1.54) is 41.8 Å². The fraction of sp³-hybridized carbons (Fsp3) is 0.415. The van der Waals surface area contributed by atoms with E-state index >= 15 is 0 Å². The highest BCUT2D eigenvalue weighted by Gasteiger charge is 2.31. The second-order valence-electron chi connectivity index (χ2n) is 15.4. The van der Waals surface area contributed by atoms with E-state index < -0.39 is 30.4 Å². The largest absolute Gasteiger partial charge is 0.304 e. The molecule has 348 valence electrons. The van der Waals surface area contributed by atoms with Crippen LogP contribution in [0.5, 0.6) is 0 Å². The standard InChI is InChI=1S/2C19H20Cl2N2S.3CH4O3S/c2*1-22-6-8-23(9-7-22)17-10-13-2-3-15(21)12-19(13)24-18-5-4-14(20)11-16(17)18;3*1-5(2,3)4/h2*2-5,11-12,17H,6-10H2,1H3;3*1H3,(H,2,3,4). The van der Waals surface area contributed by atoms with Crippen molar-refractivity contribution in [2.45, 2.75) is 44.5 Å². The molecular weight excluding hydrogens is 995 g/mol. The van der Waals surface area contributed by atoms with Gasteiger partial charge in [0.1, 0.15) is 0 Å². The zero-order valence-corrected chi connectivity index (χ0v) is 42.4. The third kappa shape index (κ3) is 19.6.